The molecular formula is C9H12N4O4. The van der Waals surface area contributed by atoms with Gasteiger partial charge in [0, 0.05) is 0 Å². The van der Waals surface area contributed by atoms with Crippen molar-refractivity contribution < 1.29 is 15.3 Å². The van der Waals surface area contributed by atoms with E-state index in [0.717, 1.165) is 10.9 Å². The van der Waals surface area contributed by atoms with E-state index in [1.807, 2.05) is 0 Å². The van der Waals surface area contributed by atoms with Gasteiger partial charge in [0.2, 0.25) is 5.95 Å². The molecule has 1 aromatic rings. The second kappa shape index (κ2) is 4.24. The molecule has 0 fully saturated rings. The summed E-state index contributed by atoms with van der Waals surface area (Å²) in [7, 11) is 0. The minimum atomic E-state index is -1.22. The Balaban J connectivity index is 2.41. The molecule has 1 aliphatic carbocycles. The Morgan fingerprint density at radius 1 is 1.47 bits per heavy atom. The number of aliphatic hydroxyl groups is 3. The third-order valence-corrected chi connectivity index (χ3v) is 2.69. The van der Waals surface area contributed by atoms with Crippen molar-refractivity contribution in [2.75, 3.05) is 12.3 Å². The van der Waals surface area contributed by atoms with E-state index in [-0.39, 0.29) is 18.1 Å². The second-order valence-electron chi connectivity index (χ2n) is 3.73. The number of anilines is 1. The second-order valence-corrected chi connectivity index (χ2v) is 3.73. The maximum Gasteiger partial charge on any atom is 0.352 e. The Labute approximate surface area is 95.7 Å². The molecule has 17 heavy (non-hydrogen) atoms. The van der Waals surface area contributed by atoms with Gasteiger partial charge in [-0.1, -0.05) is 6.08 Å². The maximum atomic E-state index is 11.5. The zero-order valence-corrected chi connectivity index (χ0v) is 8.76. The smallest absolute Gasteiger partial charge is 0.352 e. The van der Waals surface area contributed by atoms with Crippen LogP contribution in [0.1, 0.15) is 6.04 Å². The van der Waals surface area contributed by atoms with Crippen LogP contribution in [0.2, 0.25) is 0 Å². The summed E-state index contributed by atoms with van der Waals surface area (Å²) in [5.74, 6) is -0.161. The summed E-state index contributed by atoms with van der Waals surface area (Å²) in [6.07, 6.45) is 0.134. The van der Waals surface area contributed by atoms with Crippen LogP contribution in [-0.4, -0.2) is 48.7 Å². The molecule has 1 aliphatic rings. The largest absolute Gasteiger partial charge is 0.392 e. The molecule has 0 saturated carbocycles. The van der Waals surface area contributed by atoms with Crippen molar-refractivity contribution in [1.82, 2.24) is 14.5 Å². The topological polar surface area (TPSA) is 134 Å². The highest BCUT2D eigenvalue weighted by Crippen LogP contribution is 2.27. The van der Waals surface area contributed by atoms with Gasteiger partial charge in [-0.2, -0.15) is 4.98 Å². The average molecular weight is 240 g/mol. The van der Waals surface area contributed by atoms with Crippen molar-refractivity contribution >= 4 is 5.95 Å². The Morgan fingerprint density at radius 2 is 2.18 bits per heavy atom. The number of nitrogens with two attached hydrogens (primary N) is 1. The number of hydrogen-bond acceptors (Lipinski definition) is 7. The fraction of sp³-hybridized carbons (Fsp3) is 0.444. The number of aliphatic hydroxyl groups excluding tert-OH is 3. The molecule has 92 valence electrons. The standard InChI is InChI=1S/C9H12N4O4/c10-8-11-3-13(9(17)12-8)5-1-4(2-14)6(15)7(5)16/h1,3,5-7,14-16H,2H2,(H2,10,12,17)/t5-,6?,7?/m1/s1. The van der Waals surface area contributed by atoms with Crippen LogP contribution in [0, 0.1) is 0 Å². The molecule has 1 heterocycles. The van der Waals surface area contributed by atoms with Crippen molar-refractivity contribution in [3.63, 3.8) is 0 Å². The molecule has 2 rings (SSSR count). The van der Waals surface area contributed by atoms with E-state index in [9.17, 15) is 15.0 Å². The lowest BCUT2D eigenvalue weighted by atomic mass is 10.1. The highest BCUT2D eigenvalue weighted by molar-refractivity contribution is 5.23. The van der Waals surface area contributed by atoms with Crippen molar-refractivity contribution in [1.29, 1.82) is 0 Å². The first-order chi connectivity index (χ1) is 8.04. The van der Waals surface area contributed by atoms with Crippen LogP contribution in [0.4, 0.5) is 5.95 Å². The van der Waals surface area contributed by atoms with Gasteiger partial charge in [-0.3, -0.25) is 4.57 Å². The molecular weight excluding hydrogens is 228 g/mol. The molecule has 0 saturated heterocycles. The lowest BCUT2D eigenvalue weighted by Gasteiger charge is -2.18. The quantitative estimate of drug-likeness (QED) is 0.417. The molecule has 2 unspecified atom stereocenters. The molecule has 1 aromatic heterocycles. The zero-order chi connectivity index (χ0) is 12.6. The highest BCUT2D eigenvalue weighted by atomic mass is 16.3. The zero-order valence-electron chi connectivity index (χ0n) is 8.76. The molecule has 0 radical (unpaired) electrons. The van der Waals surface area contributed by atoms with Gasteiger partial charge in [-0.25, -0.2) is 9.78 Å². The Kier molecular flexibility index (Phi) is 2.92. The molecule has 8 nitrogen and oxygen atoms in total. The molecule has 3 atom stereocenters. The third-order valence-electron chi connectivity index (χ3n) is 2.69. The normalized spacial score (nSPS) is 28.2. The van der Waals surface area contributed by atoms with Gasteiger partial charge in [0.25, 0.3) is 0 Å². The fourth-order valence-electron chi connectivity index (χ4n) is 1.77. The van der Waals surface area contributed by atoms with Crippen molar-refractivity contribution in [3.05, 3.63) is 28.5 Å². The van der Waals surface area contributed by atoms with Gasteiger partial charge in [0.05, 0.1) is 12.6 Å². The summed E-state index contributed by atoms with van der Waals surface area (Å²) in [5, 5.41) is 28.3. The van der Waals surface area contributed by atoms with Crippen LogP contribution in [0.5, 0.6) is 0 Å². The number of nitrogens with zero attached hydrogens (tertiary/aromatic N) is 3. The van der Waals surface area contributed by atoms with Crippen LogP contribution >= 0.6 is 0 Å². The lowest BCUT2D eigenvalue weighted by Crippen LogP contribution is -2.36. The molecule has 0 aliphatic heterocycles. The fourth-order valence-corrected chi connectivity index (χ4v) is 1.77. The maximum absolute atomic E-state index is 11.5. The van der Waals surface area contributed by atoms with Crippen molar-refractivity contribution in [3.8, 4) is 0 Å². The monoisotopic (exact) mass is 240 g/mol. The Morgan fingerprint density at radius 3 is 2.71 bits per heavy atom. The third kappa shape index (κ3) is 1.93. The van der Waals surface area contributed by atoms with Gasteiger partial charge >= 0.3 is 5.69 Å². The predicted octanol–water partition coefficient (Wildman–Crippen LogP) is -2.58. The number of aromatic nitrogens is 3. The summed E-state index contributed by atoms with van der Waals surface area (Å²) in [5.41, 5.74) is 4.82. The lowest BCUT2D eigenvalue weighted by molar-refractivity contribution is 0.0269. The molecule has 0 bridgehead atoms. The predicted molar refractivity (Wildman–Crippen MR) is 56.9 cm³/mol. The highest BCUT2D eigenvalue weighted by Gasteiger charge is 2.35. The first-order valence-electron chi connectivity index (χ1n) is 4.93. The minimum Gasteiger partial charge on any atom is -0.392 e. The Hall–Kier alpha value is -1.77. The molecule has 0 spiro atoms. The van der Waals surface area contributed by atoms with Crippen LogP contribution in [-0.2, 0) is 0 Å². The summed E-state index contributed by atoms with van der Waals surface area (Å²) in [4.78, 5) is 18.6. The molecule has 5 N–H and O–H groups in total. The van der Waals surface area contributed by atoms with Crippen LogP contribution in [0.3, 0.4) is 0 Å². The van der Waals surface area contributed by atoms with Crippen LogP contribution in [0.25, 0.3) is 0 Å². The van der Waals surface area contributed by atoms with Gasteiger partial charge in [-0.15, -0.1) is 0 Å². The van der Waals surface area contributed by atoms with E-state index < -0.39 is 23.9 Å². The number of hydrogen-bond donors (Lipinski definition) is 4. The van der Waals surface area contributed by atoms with E-state index in [4.69, 9.17) is 10.8 Å². The van der Waals surface area contributed by atoms with E-state index in [1.165, 1.54) is 6.08 Å². The van der Waals surface area contributed by atoms with Gasteiger partial charge in [0.1, 0.15) is 18.5 Å². The van der Waals surface area contributed by atoms with Crippen molar-refractivity contribution in [2.24, 2.45) is 0 Å². The van der Waals surface area contributed by atoms with Crippen molar-refractivity contribution in [2.45, 2.75) is 18.2 Å². The van der Waals surface area contributed by atoms with E-state index in [2.05, 4.69) is 9.97 Å². The molecule has 0 aromatic carbocycles. The van der Waals surface area contributed by atoms with Gasteiger partial charge in [-0.05, 0) is 5.57 Å². The van der Waals surface area contributed by atoms with E-state index >= 15 is 0 Å². The summed E-state index contributed by atoms with van der Waals surface area (Å²) in [6.45, 7) is -0.390. The summed E-state index contributed by atoms with van der Waals surface area (Å²) < 4.78 is 1.05. The number of nitrogen functional groups attached to an aromatic ring is 1. The molecule has 8 heteroatoms. The Bertz CT molecular complexity index is 512. The SMILES string of the molecule is Nc1ncn([C@@H]2C=C(CO)C(O)C2O)c(=O)n1. The van der Waals surface area contributed by atoms with E-state index in [1.54, 1.807) is 0 Å². The van der Waals surface area contributed by atoms with Crippen LogP contribution < -0.4 is 11.4 Å². The summed E-state index contributed by atoms with van der Waals surface area (Å²) in [6, 6.07) is -0.805. The number of rotatable bonds is 2. The van der Waals surface area contributed by atoms with Crippen LogP contribution in [0.15, 0.2) is 22.8 Å². The van der Waals surface area contributed by atoms with Gasteiger partial charge < -0.3 is 21.1 Å². The summed E-state index contributed by atoms with van der Waals surface area (Å²) >= 11 is 0. The average Bonchev–Trinajstić information content (AvgIpc) is 2.57. The van der Waals surface area contributed by atoms with E-state index in [0.29, 0.717) is 0 Å². The van der Waals surface area contributed by atoms with Gasteiger partial charge in [0.15, 0.2) is 0 Å². The molecule has 0 amide bonds. The minimum absolute atomic E-state index is 0.161. The first-order valence-corrected chi connectivity index (χ1v) is 4.93. The first kappa shape index (κ1) is 11.7.